The molecular weight excluding hydrogens is 327 g/mol. The first kappa shape index (κ1) is 16.3. The highest BCUT2D eigenvalue weighted by Gasteiger charge is 2.23. The lowest BCUT2D eigenvalue weighted by Crippen LogP contribution is -2.31. The van der Waals surface area contributed by atoms with Crippen molar-refractivity contribution in [3.05, 3.63) is 69.4 Å². The predicted octanol–water partition coefficient (Wildman–Crippen LogP) is 3.15. The molecule has 0 aliphatic carbocycles. The van der Waals surface area contributed by atoms with E-state index in [9.17, 15) is 9.18 Å². The minimum absolute atomic E-state index is 0.213. The molecule has 7 heteroatoms. The molecule has 0 fully saturated rings. The van der Waals surface area contributed by atoms with Gasteiger partial charge in [0.05, 0.1) is 10.7 Å². The molecule has 24 heavy (non-hydrogen) atoms. The van der Waals surface area contributed by atoms with E-state index in [0.717, 1.165) is 10.6 Å². The summed E-state index contributed by atoms with van der Waals surface area (Å²) in [6, 6.07) is 5.58. The van der Waals surface area contributed by atoms with Crippen molar-refractivity contribution in [1.82, 2.24) is 19.9 Å². The Hall–Kier alpha value is -2.54. The molecule has 1 N–H and O–H groups in total. The molecule has 0 radical (unpaired) electrons. The van der Waals surface area contributed by atoms with Crippen molar-refractivity contribution >= 4 is 17.2 Å². The van der Waals surface area contributed by atoms with Crippen LogP contribution < -0.4 is 5.32 Å². The zero-order valence-electron chi connectivity index (χ0n) is 13.6. The van der Waals surface area contributed by atoms with Crippen LogP contribution in [0, 0.1) is 19.7 Å². The van der Waals surface area contributed by atoms with Gasteiger partial charge in [0.2, 0.25) is 0 Å². The maximum Gasteiger partial charge on any atom is 0.264 e. The van der Waals surface area contributed by atoms with Crippen LogP contribution in [0.3, 0.4) is 0 Å². The van der Waals surface area contributed by atoms with E-state index >= 15 is 0 Å². The summed E-state index contributed by atoms with van der Waals surface area (Å²) in [5, 5.41) is 3.83. The second kappa shape index (κ2) is 6.52. The molecule has 5 nitrogen and oxygen atoms in total. The van der Waals surface area contributed by atoms with Crippen LogP contribution in [0.2, 0.25) is 0 Å². The molecule has 0 saturated heterocycles. The molecule has 124 valence electrons. The summed E-state index contributed by atoms with van der Waals surface area (Å²) in [4.78, 5) is 21.9. The molecule has 0 spiro atoms. The van der Waals surface area contributed by atoms with E-state index in [0.29, 0.717) is 16.4 Å². The third kappa shape index (κ3) is 3.21. The Balaban J connectivity index is 1.96. The first-order valence-corrected chi connectivity index (χ1v) is 8.25. The number of hydrogen-bond acceptors (Lipinski definition) is 4. The molecule has 2 aromatic heterocycles. The number of benzene rings is 1. The Kier molecular flexibility index (Phi) is 4.44. The van der Waals surface area contributed by atoms with Crippen LogP contribution in [0.4, 0.5) is 4.39 Å². The largest absolute Gasteiger partial charge is 0.337 e. The van der Waals surface area contributed by atoms with Gasteiger partial charge in [-0.25, -0.2) is 14.4 Å². The van der Waals surface area contributed by atoms with Gasteiger partial charge in [-0.3, -0.25) is 4.79 Å². The number of nitrogens with zero attached hydrogens (tertiary/aromatic N) is 3. The van der Waals surface area contributed by atoms with E-state index < -0.39 is 6.04 Å². The van der Waals surface area contributed by atoms with Crippen LogP contribution in [0.25, 0.3) is 0 Å². The fraction of sp³-hybridized carbons (Fsp3) is 0.235. The number of carbonyl (C=O) groups is 1. The van der Waals surface area contributed by atoms with Gasteiger partial charge in [0, 0.05) is 19.4 Å². The summed E-state index contributed by atoms with van der Waals surface area (Å²) in [7, 11) is 1.85. The van der Waals surface area contributed by atoms with E-state index in [4.69, 9.17) is 0 Å². The quantitative estimate of drug-likeness (QED) is 0.791. The second-order valence-electron chi connectivity index (χ2n) is 5.50. The maximum absolute atomic E-state index is 13.2. The molecule has 1 amide bonds. The minimum atomic E-state index is -0.472. The Morgan fingerprint density at radius 1 is 1.29 bits per heavy atom. The number of hydrogen-bond donors (Lipinski definition) is 1. The van der Waals surface area contributed by atoms with Gasteiger partial charge >= 0.3 is 0 Å². The monoisotopic (exact) mass is 344 g/mol. The number of nitrogens with one attached hydrogen (secondary N) is 1. The number of aryl methyl sites for hydroxylation is 3. The van der Waals surface area contributed by atoms with Gasteiger partial charge in [-0.05, 0) is 31.5 Å². The molecule has 2 heterocycles. The molecule has 1 aromatic carbocycles. The Labute approximate surface area is 143 Å². The van der Waals surface area contributed by atoms with E-state index in [-0.39, 0.29) is 11.7 Å². The summed E-state index contributed by atoms with van der Waals surface area (Å²) in [6.45, 7) is 3.68. The molecule has 0 aliphatic rings. The van der Waals surface area contributed by atoms with E-state index in [1.165, 1.54) is 23.5 Å². The summed E-state index contributed by atoms with van der Waals surface area (Å²) < 4.78 is 15.1. The summed E-state index contributed by atoms with van der Waals surface area (Å²) in [6.07, 6.45) is 3.47. The average molecular weight is 344 g/mol. The lowest BCUT2D eigenvalue weighted by Gasteiger charge is -2.19. The van der Waals surface area contributed by atoms with Crippen LogP contribution in [0.1, 0.15) is 37.8 Å². The number of amides is 1. The smallest absolute Gasteiger partial charge is 0.264 e. The third-order valence-corrected chi connectivity index (χ3v) is 4.78. The molecule has 0 bridgehead atoms. The first-order valence-electron chi connectivity index (χ1n) is 7.43. The number of rotatable bonds is 4. The standard InChI is InChI=1S/C17H17FN4OS/c1-10-15(24-11(2)20-10)17(23)21-14(16-19-8-9-22(16)3)12-4-6-13(18)7-5-12/h4-9,14H,1-3H3,(H,21,23)/t14-/m1/s1. The van der Waals surface area contributed by atoms with E-state index in [2.05, 4.69) is 15.3 Å². The SMILES string of the molecule is Cc1nc(C)c(C(=O)N[C@H](c2ccc(F)cc2)c2nccn2C)s1. The van der Waals surface area contributed by atoms with Crippen molar-refractivity contribution in [2.24, 2.45) is 7.05 Å². The van der Waals surface area contributed by atoms with Gasteiger partial charge in [-0.15, -0.1) is 11.3 Å². The number of aromatic nitrogens is 3. The Morgan fingerprint density at radius 3 is 2.54 bits per heavy atom. The zero-order valence-corrected chi connectivity index (χ0v) is 14.4. The first-order chi connectivity index (χ1) is 11.5. The van der Waals surface area contributed by atoms with E-state index in [1.807, 2.05) is 25.5 Å². The topological polar surface area (TPSA) is 59.8 Å². The molecular formula is C17H17FN4OS. The average Bonchev–Trinajstić information content (AvgIpc) is 3.11. The van der Waals surface area contributed by atoms with Gasteiger partial charge in [0.1, 0.15) is 22.6 Å². The van der Waals surface area contributed by atoms with E-state index in [1.54, 1.807) is 24.5 Å². The number of carbonyl (C=O) groups excluding carboxylic acids is 1. The van der Waals surface area contributed by atoms with Crippen molar-refractivity contribution in [2.75, 3.05) is 0 Å². The van der Waals surface area contributed by atoms with Crippen molar-refractivity contribution in [3.8, 4) is 0 Å². The number of thiazole rings is 1. The number of halogens is 1. The summed E-state index contributed by atoms with van der Waals surface area (Å²) in [5.74, 6) is 0.141. The van der Waals surface area contributed by atoms with Crippen LogP contribution in [0.15, 0.2) is 36.7 Å². The normalized spacial score (nSPS) is 12.2. The van der Waals surface area contributed by atoms with Gasteiger partial charge in [-0.2, -0.15) is 0 Å². The molecule has 0 saturated carbocycles. The van der Waals surface area contributed by atoms with Crippen LogP contribution in [0.5, 0.6) is 0 Å². The minimum Gasteiger partial charge on any atom is -0.337 e. The lowest BCUT2D eigenvalue weighted by molar-refractivity contribution is 0.0944. The van der Waals surface area contributed by atoms with Gasteiger partial charge in [0.25, 0.3) is 5.91 Å². The fourth-order valence-electron chi connectivity index (χ4n) is 2.55. The van der Waals surface area contributed by atoms with Gasteiger partial charge < -0.3 is 9.88 Å². The van der Waals surface area contributed by atoms with Crippen molar-refractivity contribution < 1.29 is 9.18 Å². The fourth-order valence-corrected chi connectivity index (χ4v) is 3.37. The Bertz CT molecular complexity index is 869. The number of imidazole rings is 1. The summed E-state index contributed by atoms with van der Waals surface area (Å²) in [5.41, 5.74) is 1.46. The third-order valence-electron chi connectivity index (χ3n) is 3.71. The van der Waals surface area contributed by atoms with Crippen molar-refractivity contribution in [3.63, 3.8) is 0 Å². The summed E-state index contributed by atoms with van der Waals surface area (Å²) >= 11 is 1.35. The maximum atomic E-state index is 13.2. The highest BCUT2D eigenvalue weighted by atomic mass is 32.1. The molecule has 1 atom stereocenters. The van der Waals surface area contributed by atoms with Crippen molar-refractivity contribution in [2.45, 2.75) is 19.9 Å². The molecule has 0 unspecified atom stereocenters. The van der Waals surface area contributed by atoms with Crippen LogP contribution >= 0.6 is 11.3 Å². The lowest BCUT2D eigenvalue weighted by atomic mass is 10.1. The van der Waals surface area contributed by atoms with Crippen LogP contribution in [-0.2, 0) is 7.05 Å². The predicted molar refractivity (Wildman–Crippen MR) is 90.5 cm³/mol. The zero-order chi connectivity index (χ0) is 17.3. The molecule has 0 aliphatic heterocycles. The highest BCUT2D eigenvalue weighted by Crippen LogP contribution is 2.23. The molecule has 3 rings (SSSR count). The van der Waals surface area contributed by atoms with Gasteiger partial charge in [-0.1, -0.05) is 12.1 Å². The van der Waals surface area contributed by atoms with Crippen LogP contribution in [-0.4, -0.2) is 20.4 Å². The van der Waals surface area contributed by atoms with Gasteiger partial charge in [0.15, 0.2) is 0 Å². The molecule has 3 aromatic rings. The van der Waals surface area contributed by atoms with Crippen molar-refractivity contribution in [1.29, 1.82) is 0 Å². The highest BCUT2D eigenvalue weighted by molar-refractivity contribution is 7.13. The second-order valence-corrected chi connectivity index (χ2v) is 6.70. The Morgan fingerprint density at radius 2 is 2.00 bits per heavy atom.